The lowest BCUT2D eigenvalue weighted by Crippen LogP contribution is -1.83. The number of rotatable bonds is 1. The van der Waals surface area contributed by atoms with Gasteiger partial charge in [-0.05, 0) is 24.3 Å². The number of phenolic OH excluding ortho intramolecular Hbond substituents is 1. The number of nitrogens with one attached hydrogen (secondary N) is 1. The molecule has 2 N–H and O–H groups in total. The highest BCUT2D eigenvalue weighted by molar-refractivity contribution is 6.33. The first-order valence-corrected chi connectivity index (χ1v) is 5.56. The summed E-state index contributed by atoms with van der Waals surface area (Å²) in [5.74, 6) is 0.700. The largest absolute Gasteiger partial charge is 0.507 e. The number of para-hydroxylation sites is 2. The molecule has 3 rings (SSSR count). The first-order chi connectivity index (χ1) is 8.25. The smallest absolute Gasteiger partial charge is 0.143 e. The van der Waals surface area contributed by atoms with E-state index in [1.165, 1.54) is 0 Å². The van der Waals surface area contributed by atoms with Crippen molar-refractivity contribution in [3.63, 3.8) is 0 Å². The molecule has 1 heterocycles. The van der Waals surface area contributed by atoms with E-state index in [9.17, 15) is 5.11 Å². The van der Waals surface area contributed by atoms with Crippen LogP contribution in [0.5, 0.6) is 5.75 Å². The van der Waals surface area contributed by atoms with Gasteiger partial charge in [0.1, 0.15) is 11.6 Å². The molecular formula is C13H9ClN2O. The summed E-state index contributed by atoms with van der Waals surface area (Å²) < 4.78 is 0. The molecule has 17 heavy (non-hydrogen) atoms. The zero-order valence-electron chi connectivity index (χ0n) is 8.81. The molecule has 0 radical (unpaired) electrons. The maximum Gasteiger partial charge on any atom is 0.143 e. The lowest BCUT2D eigenvalue weighted by molar-refractivity contribution is 0.477. The zero-order chi connectivity index (χ0) is 11.8. The fourth-order valence-electron chi connectivity index (χ4n) is 1.82. The second-order valence-corrected chi connectivity index (χ2v) is 4.14. The van der Waals surface area contributed by atoms with E-state index in [0.29, 0.717) is 16.4 Å². The maximum atomic E-state index is 9.83. The second kappa shape index (κ2) is 3.79. The summed E-state index contributed by atoms with van der Waals surface area (Å²) in [6.45, 7) is 0. The van der Waals surface area contributed by atoms with Crippen molar-refractivity contribution in [1.29, 1.82) is 0 Å². The number of phenols is 1. The molecule has 0 saturated carbocycles. The van der Waals surface area contributed by atoms with E-state index in [1.54, 1.807) is 18.2 Å². The van der Waals surface area contributed by atoms with Crippen molar-refractivity contribution >= 4 is 22.6 Å². The highest BCUT2D eigenvalue weighted by Gasteiger charge is 2.12. The summed E-state index contributed by atoms with van der Waals surface area (Å²) in [5.41, 5.74) is 2.30. The van der Waals surface area contributed by atoms with Gasteiger partial charge in [-0.1, -0.05) is 29.8 Å². The minimum Gasteiger partial charge on any atom is -0.507 e. The van der Waals surface area contributed by atoms with Crippen LogP contribution in [0.4, 0.5) is 0 Å². The molecule has 3 nitrogen and oxygen atoms in total. The number of fused-ring (bicyclic) bond motifs is 1. The fraction of sp³-hybridized carbons (Fsp3) is 0. The van der Waals surface area contributed by atoms with Gasteiger partial charge >= 0.3 is 0 Å². The zero-order valence-corrected chi connectivity index (χ0v) is 9.57. The lowest BCUT2D eigenvalue weighted by Gasteiger charge is -2.02. The molecule has 0 unspecified atom stereocenters. The Labute approximate surface area is 103 Å². The predicted molar refractivity (Wildman–Crippen MR) is 68.2 cm³/mol. The highest BCUT2D eigenvalue weighted by atomic mass is 35.5. The molecule has 0 fully saturated rings. The normalized spacial score (nSPS) is 10.9. The van der Waals surface area contributed by atoms with Gasteiger partial charge in [0, 0.05) is 0 Å². The Morgan fingerprint density at radius 1 is 1.06 bits per heavy atom. The van der Waals surface area contributed by atoms with E-state index < -0.39 is 0 Å². The third-order valence-electron chi connectivity index (χ3n) is 2.62. The Balaban J connectivity index is 2.27. The molecule has 0 bridgehead atoms. The summed E-state index contributed by atoms with van der Waals surface area (Å²) in [4.78, 5) is 7.54. The van der Waals surface area contributed by atoms with Crippen molar-refractivity contribution < 1.29 is 5.11 Å². The summed E-state index contributed by atoms with van der Waals surface area (Å²) in [6.07, 6.45) is 0. The van der Waals surface area contributed by atoms with Gasteiger partial charge < -0.3 is 10.1 Å². The molecule has 0 saturated heterocycles. The molecule has 3 aromatic rings. The third-order valence-corrected chi connectivity index (χ3v) is 2.93. The van der Waals surface area contributed by atoms with Crippen LogP contribution in [0.2, 0.25) is 5.02 Å². The third kappa shape index (κ3) is 1.65. The minimum absolute atomic E-state index is 0.122. The number of benzene rings is 2. The van der Waals surface area contributed by atoms with E-state index in [1.807, 2.05) is 24.3 Å². The summed E-state index contributed by atoms with van der Waals surface area (Å²) in [5, 5.41) is 10.3. The predicted octanol–water partition coefficient (Wildman–Crippen LogP) is 3.59. The van der Waals surface area contributed by atoms with E-state index in [0.717, 1.165) is 11.0 Å². The molecule has 4 heteroatoms. The maximum absolute atomic E-state index is 9.83. The van der Waals surface area contributed by atoms with Crippen LogP contribution in [0.1, 0.15) is 0 Å². The van der Waals surface area contributed by atoms with Crippen molar-refractivity contribution in [2.24, 2.45) is 0 Å². The fourth-order valence-corrected chi connectivity index (χ4v) is 2.08. The number of aromatic hydroxyl groups is 1. The van der Waals surface area contributed by atoms with E-state index in [2.05, 4.69) is 9.97 Å². The van der Waals surface area contributed by atoms with Gasteiger partial charge in [0.25, 0.3) is 0 Å². The van der Waals surface area contributed by atoms with Gasteiger partial charge in [-0.2, -0.15) is 0 Å². The summed E-state index contributed by atoms with van der Waals surface area (Å²) >= 11 is 6.07. The Morgan fingerprint density at radius 2 is 1.88 bits per heavy atom. The van der Waals surface area contributed by atoms with E-state index in [-0.39, 0.29) is 5.75 Å². The minimum atomic E-state index is 0.122. The van der Waals surface area contributed by atoms with Gasteiger partial charge in [-0.15, -0.1) is 0 Å². The number of hydrogen-bond donors (Lipinski definition) is 2. The molecule has 2 aromatic carbocycles. The van der Waals surface area contributed by atoms with Crippen molar-refractivity contribution in [1.82, 2.24) is 9.97 Å². The monoisotopic (exact) mass is 244 g/mol. The first kappa shape index (κ1) is 10.2. The molecule has 0 atom stereocenters. The van der Waals surface area contributed by atoms with Crippen LogP contribution in [0.3, 0.4) is 0 Å². The van der Waals surface area contributed by atoms with E-state index in [4.69, 9.17) is 11.6 Å². The van der Waals surface area contributed by atoms with Gasteiger partial charge in [-0.3, -0.25) is 0 Å². The molecule has 0 spiro atoms. The molecule has 84 valence electrons. The molecule has 0 aliphatic carbocycles. The van der Waals surface area contributed by atoms with Gasteiger partial charge in [0.05, 0.1) is 21.6 Å². The SMILES string of the molecule is Oc1cccc(Cl)c1-c1nc2ccccc2[nH]1. The molecule has 0 aliphatic heterocycles. The van der Waals surface area contributed by atoms with Crippen LogP contribution >= 0.6 is 11.6 Å². The Hall–Kier alpha value is -2.00. The van der Waals surface area contributed by atoms with Crippen molar-refractivity contribution in [3.8, 4) is 17.1 Å². The number of imidazole rings is 1. The number of H-pyrrole nitrogens is 1. The first-order valence-electron chi connectivity index (χ1n) is 5.18. The standard InChI is InChI=1S/C13H9ClN2O/c14-8-4-3-7-11(17)12(8)13-15-9-5-1-2-6-10(9)16-13/h1-7,17H,(H,15,16). The second-order valence-electron chi connectivity index (χ2n) is 3.74. The number of hydrogen-bond acceptors (Lipinski definition) is 2. The van der Waals surface area contributed by atoms with Crippen LogP contribution in [0, 0.1) is 0 Å². The Kier molecular flexibility index (Phi) is 2.27. The van der Waals surface area contributed by atoms with E-state index >= 15 is 0 Å². The molecule has 1 aromatic heterocycles. The van der Waals surface area contributed by atoms with Crippen LogP contribution in [-0.2, 0) is 0 Å². The topological polar surface area (TPSA) is 48.9 Å². The number of aromatic nitrogens is 2. The quantitative estimate of drug-likeness (QED) is 0.687. The molecular weight excluding hydrogens is 236 g/mol. The highest BCUT2D eigenvalue weighted by Crippen LogP contribution is 2.34. The van der Waals surface area contributed by atoms with Crippen molar-refractivity contribution in [3.05, 3.63) is 47.5 Å². The average Bonchev–Trinajstić information content (AvgIpc) is 2.71. The Bertz CT molecular complexity index is 637. The Morgan fingerprint density at radius 3 is 2.65 bits per heavy atom. The lowest BCUT2D eigenvalue weighted by atomic mass is 10.2. The number of nitrogens with zero attached hydrogens (tertiary/aromatic N) is 1. The molecule has 0 amide bonds. The van der Waals surface area contributed by atoms with Crippen LogP contribution in [0.25, 0.3) is 22.4 Å². The number of halogens is 1. The molecule has 0 aliphatic rings. The van der Waals surface area contributed by atoms with Crippen molar-refractivity contribution in [2.45, 2.75) is 0 Å². The van der Waals surface area contributed by atoms with Crippen molar-refractivity contribution in [2.75, 3.05) is 0 Å². The van der Waals surface area contributed by atoms with Crippen LogP contribution in [-0.4, -0.2) is 15.1 Å². The van der Waals surface area contributed by atoms with Crippen LogP contribution < -0.4 is 0 Å². The average molecular weight is 245 g/mol. The summed E-state index contributed by atoms with van der Waals surface area (Å²) in [6, 6.07) is 12.7. The van der Waals surface area contributed by atoms with Gasteiger partial charge in [0.2, 0.25) is 0 Å². The summed E-state index contributed by atoms with van der Waals surface area (Å²) in [7, 11) is 0. The van der Waals surface area contributed by atoms with Crippen LogP contribution in [0.15, 0.2) is 42.5 Å². The number of aromatic amines is 1. The van der Waals surface area contributed by atoms with Gasteiger partial charge in [-0.25, -0.2) is 4.98 Å². The van der Waals surface area contributed by atoms with Gasteiger partial charge in [0.15, 0.2) is 0 Å².